The van der Waals surface area contributed by atoms with Crippen LogP contribution in [-0.4, -0.2) is 31.8 Å². The van der Waals surface area contributed by atoms with E-state index in [0.717, 1.165) is 18.7 Å². The fourth-order valence-corrected chi connectivity index (χ4v) is 4.53. The molecule has 0 saturated carbocycles. The number of carbonyl (C=O) groups excluding carboxylic acids is 1. The molecule has 1 unspecified atom stereocenters. The monoisotopic (exact) mass is 415 g/mol. The van der Waals surface area contributed by atoms with Crippen LogP contribution in [0.3, 0.4) is 0 Å². The van der Waals surface area contributed by atoms with E-state index in [2.05, 4.69) is 29.3 Å². The molecule has 1 aliphatic heterocycles. The lowest BCUT2D eigenvalue weighted by atomic mass is 10.0. The minimum atomic E-state index is -3.86. The molecule has 2 aromatic carbocycles. The van der Waals surface area contributed by atoms with Gasteiger partial charge in [0.15, 0.2) is 0 Å². The van der Waals surface area contributed by atoms with E-state index in [1.807, 2.05) is 12.1 Å². The number of rotatable bonds is 6. The molecule has 2 aromatic rings. The second-order valence-corrected chi connectivity index (χ2v) is 9.37. The first kappa shape index (κ1) is 21.5. The van der Waals surface area contributed by atoms with Gasteiger partial charge in [0.25, 0.3) is 5.91 Å². The molecule has 6 nitrogen and oxygen atoms in total. The number of piperidine rings is 1. The normalized spacial score (nSPS) is 17.8. The number of hydrogen-bond donors (Lipinski definition) is 2. The van der Waals surface area contributed by atoms with Crippen molar-refractivity contribution in [2.75, 3.05) is 6.54 Å². The largest absolute Gasteiger partial charge is 0.348 e. The van der Waals surface area contributed by atoms with Gasteiger partial charge in [0.1, 0.15) is 0 Å². The van der Waals surface area contributed by atoms with Crippen LogP contribution in [0.2, 0.25) is 0 Å². The van der Waals surface area contributed by atoms with E-state index < -0.39 is 10.0 Å². The number of sulfonamides is 1. The highest BCUT2D eigenvalue weighted by Crippen LogP contribution is 2.19. The number of carbonyl (C=O) groups is 1. The highest BCUT2D eigenvalue weighted by Gasteiger charge is 2.18. The number of nitrogens with two attached hydrogens (primary N) is 1. The van der Waals surface area contributed by atoms with E-state index in [1.165, 1.54) is 30.9 Å². The van der Waals surface area contributed by atoms with E-state index in [4.69, 9.17) is 5.14 Å². The number of hydrogen-bond acceptors (Lipinski definition) is 4. The molecule has 0 spiro atoms. The number of primary sulfonamides is 1. The van der Waals surface area contributed by atoms with Crippen molar-refractivity contribution in [1.29, 1.82) is 0 Å². The highest BCUT2D eigenvalue weighted by molar-refractivity contribution is 7.89. The van der Waals surface area contributed by atoms with Crippen molar-refractivity contribution in [2.45, 2.75) is 57.1 Å². The third kappa shape index (κ3) is 5.65. The second kappa shape index (κ2) is 9.07. The van der Waals surface area contributed by atoms with Crippen LogP contribution < -0.4 is 10.5 Å². The Bertz CT molecular complexity index is 971. The molecule has 1 aliphatic rings. The van der Waals surface area contributed by atoms with Gasteiger partial charge in [-0.25, -0.2) is 13.6 Å². The minimum absolute atomic E-state index is 0.0264. The number of likely N-dealkylation sites (tertiary alicyclic amines) is 1. The summed E-state index contributed by atoms with van der Waals surface area (Å²) >= 11 is 0. The van der Waals surface area contributed by atoms with Crippen molar-refractivity contribution in [2.24, 2.45) is 5.14 Å². The zero-order chi connectivity index (χ0) is 21.0. The Labute approximate surface area is 173 Å². The van der Waals surface area contributed by atoms with Crippen molar-refractivity contribution in [1.82, 2.24) is 10.2 Å². The first-order valence-electron chi connectivity index (χ1n) is 9.97. The molecule has 1 fully saturated rings. The maximum Gasteiger partial charge on any atom is 0.251 e. The Balaban J connectivity index is 1.59. The molecular formula is C22H29N3O3S. The lowest BCUT2D eigenvalue weighted by Crippen LogP contribution is -2.36. The fourth-order valence-electron chi connectivity index (χ4n) is 3.72. The van der Waals surface area contributed by atoms with E-state index in [1.54, 1.807) is 19.1 Å². The lowest BCUT2D eigenvalue weighted by molar-refractivity contribution is 0.0950. The van der Waals surface area contributed by atoms with E-state index in [9.17, 15) is 13.2 Å². The zero-order valence-corrected chi connectivity index (χ0v) is 17.8. The summed E-state index contributed by atoms with van der Waals surface area (Å²) < 4.78 is 23.3. The van der Waals surface area contributed by atoms with Gasteiger partial charge in [0.05, 0.1) is 4.90 Å². The third-order valence-electron chi connectivity index (χ3n) is 5.56. The number of amides is 1. The van der Waals surface area contributed by atoms with Gasteiger partial charge in [0, 0.05) is 24.7 Å². The molecule has 1 saturated heterocycles. The molecule has 1 amide bonds. The van der Waals surface area contributed by atoms with Crippen LogP contribution in [0.4, 0.5) is 0 Å². The molecule has 0 bridgehead atoms. The summed E-state index contributed by atoms with van der Waals surface area (Å²) in [7, 11) is -3.86. The van der Waals surface area contributed by atoms with E-state index in [0.29, 0.717) is 18.2 Å². The average Bonchev–Trinajstić information content (AvgIpc) is 2.68. The molecule has 1 heterocycles. The Kier molecular flexibility index (Phi) is 6.72. The minimum Gasteiger partial charge on any atom is -0.348 e. The first-order chi connectivity index (χ1) is 13.7. The summed E-state index contributed by atoms with van der Waals surface area (Å²) in [6.07, 6.45) is 3.84. The van der Waals surface area contributed by atoms with Gasteiger partial charge < -0.3 is 5.32 Å². The Hall–Kier alpha value is -2.22. The molecule has 0 aliphatic carbocycles. The van der Waals surface area contributed by atoms with Gasteiger partial charge in [-0.15, -0.1) is 0 Å². The lowest BCUT2D eigenvalue weighted by Gasteiger charge is -2.33. The summed E-state index contributed by atoms with van der Waals surface area (Å²) in [4.78, 5) is 14.9. The van der Waals surface area contributed by atoms with Gasteiger partial charge in [-0.3, -0.25) is 9.69 Å². The Morgan fingerprint density at radius 3 is 2.48 bits per heavy atom. The zero-order valence-electron chi connectivity index (χ0n) is 17.0. The molecular weight excluding hydrogens is 386 g/mol. The van der Waals surface area contributed by atoms with Crippen LogP contribution in [0.5, 0.6) is 0 Å². The molecule has 0 aromatic heterocycles. The summed E-state index contributed by atoms with van der Waals surface area (Å²) in [6, 6.07) is 13.4. The van der Waals surface area contributed by atoms with Gasteiger partial charge >= 0.3 is 0 Å². The van der Waals surface area contributed by atoms with Crippen molar-refractivity contribution in [3.05, 3.63) is 64.7 Å². The van der Waals surface area contributed by atoms with Crippen LogP contribution in [-0.2, 0) is 23.1 Å². The highest BCUT2D eigenvalue weighted by atomic mass is 32.2. The molecule has 1 atom stereocenters. The smallest absolute Gasteiger partial charge is 0.251 e. The molecule has 3 rings (SSSR count). The van der Waals surface area contributed by atoms with Crippen LogP contribution in [0.1, 0.15) is 53.2 Å². The maximum absolute atomic E-state index is 12.4. The standard InChI is InChI=1S/C22H29N3O3S/c1-16-6-11-20(13-21(16)29(23,27)28)22(26)24-14-18-7-9-19(10-8-18)15-25-12-4-3-5-17(25)2/h6-11,13,17H,3-5,12,14-15H2,1-2H3,(H,24,26)(H2,23,27,28). The van der Waals surface area contributed by atoms with Crippen LogP contribution in [0.25, 0.3) is 0 Å². The number of nitrogens with zero attached hydrogens (tertiary/aromatic N) is 1. The predicted octanol–water partition coefficient (Wildman–Crippen LogP) is 2.95. The van der Waals surface area contributed by atoms with Crippen molar-refractivity contribution >= 4 is 15.9 Å². The summed E-state index contributed by atoms with van der Waals surface area (Å²) in [5.74, 6) is -0.332. The quantitative estimate of drug-likeness (QED) is 0.759. The van der Waals surface area contributed by atoms with Gasteiger partial charge in [-0.05, 0) is 62.1 Å². The SMILES string of the molecule is Cc1ccc(C(=O)NCc2ccc(CN3CCCCC3C)cc2)cc1S(N)(=O)=O. The van der Waals surface area contributed by atoms with Crippen LogP contribution in [0.15, 0.2) is 47.4 Å². The second-order valence-electron chi connectivity index (χ2n) is 7.84. The van der Waals surface area contributed by atoms with Gasteiger partial charge in [-0.1, -0.05) is 36.8 Å². The molecule has 3 N–H and O–H groups in total. The van der Waals surface area contributed by atoms with Gasteiger partial charge in [0.2, 0.25) is 10.0 Å². The van der Waals surface area contributed by atoms with E-state index >= 15 is 0 Å². The van der Waals surface area contributed by atoms with Gasteiger partial charge in [-0.2, -0.15) is 0 Å². The molecule has 0 radical (unpaired) electrons. The Morgan fingerprint density at radius 1 is 1.14 bits per heavy atom. The molecule has 29 heavy (non-hydrogen) atoms. The maximum atomic E-state index is 12.4. The topological polar surface area (TPSA) is 92.5 Å². The fraction of sp³-hybridized carbons (Fsp3) is 0.409. The number of nitrogens with one attached hydrogen (secondary N) is 1. The van der Waals surface area contributed by atoms with Crippen molar-refractivity contribution < 1.29 is 13.2 Å². The summed E-state index contributed by atoms with van der Waals surface area (Å²) in [6.45, 7) is 6.41. The van der Waals surface area contributed by atoms with Crippen molar-refractivity contribution in [3.63, 3.8) is 0 Å². The van der Waals surface area contributed by atoms with Crippen molar-refractivity contribution in [3.8, 4) is 0 Å². The van der Waals surface area contributed by atoms with Crippen LogP contribution >= 0.6 is 0 Å². The number of aryl methyl sites for hydroxylation is 1. The molecule has 156 valence electrons. The summed E-state index contributed by atoms with van der Waals surface area (Å²) in [5, 5.41) is 8.05. The van der Waals surface area contributed by atoms with E-state index in [-0.39, 0.29) is 16.4 Å². The average molecular weight is 416 g/mol. The number of benzene rings is 2. The molecule has 7 heteroatoms. The summed E-state index contributed by atoms with van der Waals surface area (Å²) in [5.41, 5.74) is 3.05. The predicted molar refractivity (Wildman–Crippen MR) is 114 cm³/mol. The first-order valence-corrected chi connectivity index (χ1v) is 11.5. The Morgan fingerprint density at radius 2 is 1.83 bits per heavy atom. The third-order valence-corrected chi connectivity index (χ3v) is 6.61. The van der Waals surface area contributed by atoms with Crippen LogP contribution in [0, 0.1) is 6.92 Å².